The van der Waals surface area contributed by atoms with Crippen LogP contribution in [0.1, 0.15) is 44.3 Å². The maximum atomic E-state index is 12.7. The zero-order valence-electron chi connectivity index (χ0n) is 15.4. The van der Waals surface area contributed by atoms with E-state index in [1.54, 1.807) is 20.8 Å². The predicted octanol–water partition coefficient (Wildman–Crippen LogP) is 1.59. The Labute approximate surface area is 152 Å². The van der Waals surface area contributed by atoms with Crippen LogP contribution in [0.4, 0.5) is 0 Å². The summed E-state index contributed by atoms with van der Waals surface area (Å²) >= 11 is 1.54. The Balaban J connectivity index is 1.58. The minimum atomic E-state index is -1.32. The van der Waals surface area contributed by atoms with Crippen molar-refractivity contribution in [3.05, 3.63) is 16.9 Å². The Morgan fingerprint density at radius 3 is 2.88 bits per heavy atom. The summed E-state index contributed by atoms with van der Waals surface area (Å²) in [6, 6.07) is 0. The monoisotopic (exact) mass is 365 g/mol. The van der Waals surface area contributed by atoms with Crippen LogP contribution in [-0.4, -0.2) is 55.7 Å². The number of amides is 1. The van der Waals surface area contributed by atoms with E-state index in [1.165, 1.54) is 0 Å². The maximum Gasteiger partial charge on any atom is 0.255 e. The first kappa shape index (κ1) is 18.3. The molecule has 0 unspecified atom stereocenters. The lowest BCUT2D eigenvalue weighted by molar-refractivity contribution is -0.158. The van der Waals surface area contributed by atoms with E-state index < -0.39 is 5.60 Å². The van der Waals surface area contributed by atoms with Crippen LogP contribution in [-0.2, 0) is 11.3 Å². The molecule has 0 bridgehead atoms. The van der Waals surface area contributed by atoms with E-state index in [2.05, 4.69) is 36.2 Å². The fourth-order valence-electron chi connectivity index (χ4n) is 3.28. The van der Waals surface area contributed by atoms with Gasteiger partial charge in [-0.1, -0.05) is 32.1 Å². The Kier molecular flexibility index (Phi) is 4.87. The van der Waals surface area contributed by atoms with Crippen LogP contribution in [0.3, 0.4) is 0 Å². The predicted molar refractivity (Wildman–Crippen MR) is 97.5 cm³/mol. The van der Waals surface area contributed by atoms with E-state index in [0.717, 1.165) is 28.6 Å². The van der Waals surface area contributed by atoms with Gasteiger partial charge >= 0.3 is 0 Å². The van der Waals surface area contributed by atoms with Crippen molar-refractivity contribution in [2.24, 2.45) is 5.41 Å². The number of hydrogen-bond donors (Lipinski definition) is 2. The minimum Gasteiger partial charge on any atom is -0.379 e. The second-order valence-electron chi connectivity index (χ2n) is 8.11. The van der Waals surface area contributed by atoms with Crippen molar-refractivity contribution in [3.63, 3.8) is 0 Å². The van der Waals surface area contributed by atoms with Gasteiger partial charge in [-0.3, -0.25) is 4.79 Å². The molecule has 138 valence electrons. The minimum absolute atomic E-state index is 0.0225. The quantitative estimate of drug-likeness (QED) is 0.841. The van der Waals surface area contributed by atoms with E-state index in [1.807, 2.05) is 13.1 Å². The second kappa shape index (κ2) is 6.66. The summed E-state index contributed by atoms with van der Waals surface area (Å²) in [5.41, 5.74) is -0.443. The molecule has 7 nitrogen and oxygen atoms in total. The molecule has 0 aromatic carbocycles. The number of aliphatic hydroxyl groups is 1. The van der Waals surface area contributed by atoms with Crippen LogP contribution < -0.4 is 5.32 Å². The molecule has 0 radical (unpaired) electrons. The van der Waals surface area contributed by atoms with Crippen molar-refractivity contribution >= 4 is 22.2 Å². The lowest BCUT2D eigenvalue weighted by Gasteiger charge is -2.40. The highest BCUT2D eigenvalue weighted by Crippen LogP contribution is 2.26. The van der Waals surface area contributed by atoms with Gasteiger partial charge in [0, 0.05) is 26.2 Å². The molecule has 8 heteroatoms. The summed E-state index contributed by atoms with van der Waals surface area (Å²) in [7, 11) is 0. The molecule has 25 heavy (non-hydrogen) atoms. The number of carbonyl (C=O) groups excluding carboxylic acids is 1. The summed E-state index contributed by atoms with van der Waals surface area (Å²) in [6.45, 7) is 10.4. The number of nitrogens with zero attached hydrogens (tertiary/aromatic N) is 4. The smallest absolute Gasteiger partial charge is 0.255 e. The van der Waals surface area contributed by atoms with Gasteiger partial charge in [-0.2, -0.15) is 5.10 Å². The molecule has 1 fully saturated rings. The highest BCUT2D eigenvalue weighted by Gasteiger charge is 2.42. The third kappa shape index (κ3) is 4.19. The van der Waals surface area contributed by atoms with Crippen molar-refractivity contribution < 1.29 is 9.90 Å². The average molecular weight is 366 g/mol. The number of carbonyl (C=O) groups is 1. The summed E-state index contributed by atoms with van der Waals surface area (Å²) in [4.78, 5) is 19.9. The normalized spacial score (nSPS) is 22.1. The van der Waals surface area contributed by atoms with Crippen LogP contribution in [0.15, 0.2) is 6.20 Å². The van der Waals surface area contributed by atoms with Crippen molar-refractivity contribution in [2.75, 3.05) is 19.6 Å². The molecule has 2 aromatic rings. The van der Waals surface area contributed by atoms with Gasteiger partial charge < -0.3 is 15.3 Å². The lowest BCUT2D eigenvalue weighted by Crippen LogP contribution is -2.59. The molecule has 0 saturated carbocycles. The highest BCUT2D eigenvalue weighted by molar-refractivity contribution is 7.16. The molecular formula is C17H27N5O2S. The van der Waals surface area contributed by atoms with Crippen molar-refractivity contribution in [3.8, 4) is 0 Å². The Morgan fingerprint density at radius 2 is 2.20 bits per heavy atom. The molecule has 0 aliphatic carbocycles. The number of piperidine rings is 1. The van der Waals surface area contributed by atoms with Gasteiger partial charge in [0.15, 0.2) is 5.60 Å². The summed E-state index contributed by atoms with van der Waals surface area (Å²) in [6.07, 6.45) is 3.20. The molecule has 2 N–H and O–H groups in total. The zero-order valence-corrected chi connectivity index (χ0v) is 16.2. The van der Waals surface area contributed by atoms with Crippen molar-refractivity contribution in [1.82, 2.24) is 24.8 Å². The van der Waals surface area contributed by atoms with Crippen molar-refractivity contribution in [2.45, 2.75) is 52.7 Å². The topological polar surface area (TPSA) is 82.8 Å². The van der Waals surface area contributed by atoms with Gasteiger partial charge in [0.05, 0.1) is 11.9 Å². The average Bonchev–Trinajstić information content (AvgIpc) is 2.99. The summed E-state index contributed by atoms with van der Waals surface area (Å²) in [5, 5.41) is 19.3. The van der Waals surface area contributed by atoms with Gasteiger partial charge in [-0.05, 0) is 25.2 Å². The Bertz CT molecular complexity index is 731. The zero-order chi connectivity index (χ0) is 18.2. The summed E-state index contributed by atoms with van der Waals surface area (Å²) in [5.74, 6) is -0.163. The third-order valence-corrected chi connectivity index (χ3v) is 5.12. The third-order valence-electron chi connectivity index (χ3n) is 4.29. The number of nitrogens with one attached hydrogen (secondary N) is 1. The van der Waals surface area contributed by atoms with Gasteiger partial charge in [-0.15, -0.1) is 0 Å². The first-order valence-corrected chi connectivity index (χ1v) is 9.52. The van der Waals surface area contributed by atoms with Gasteiger partial charge in [0.25, 0.3) is 5.91 Å². The molecule has 1 aliphatic rings. The van der Waals surface area contributed by atoms with Crippen LogP contribution in [0, 0.1) is 12.3 Å². The fraction of sp³-hybridized carbons (Fsp3) is 0.706. The summed E-state index contributed by atoms with van der Waals surface area (Å²) < 4.78 is 1.77. The molecule has 1 amide bonds. The number of fused-ring (bicyclic) bond motifs is 1. The maximum absolute atomic E-state index is 12.7. The lowest BCUT2D eigenvalue weighted by atomic mass is 9.88. The molecule has 3 heterocycles. The first-order chi connectivity index (χ1) is 11.7. The molecule has 1 saturated heterocycles. The number of rotatable bonds is 5. The molecule has 0 spiro atoms. The molecular weight excluding hydrogens is 338 g/mol. The van der Waals surface area contributed by atoms with E-state index in [0.29, 0.717) is 19.5 Å². The van der Waals surface area contributed by atoms with Gasteiger partial charge in [-0.25, -0.2) is 9.50 Å². The largest absolute Gasteiger partial charge is 0.379 e. The van der Waals surface area contributed by atoms with Crippen LogP contribution >= 0.6 is 11.3 Å². The van der Waals surface area contributed by atoms with E-state index >= 15 is 0 Å². The Hall–Kier alpha value is -1.51. The van der Waals surface area contributed by atoms with Crippen molar-refractivity contribution in [1.29, 1.82) is 0 Å². The number of hydrogen-bond acceptors (Lipinski definition) is 6. The van der Waals surface area contributed by atoms with E-state index in [-0.39, 0.29) is 17.9 Å². The van der Waals surface area contributed by atoms with E-state index in [4.69, 9.17) is 0 Å². The SMILES string of the molecule is Cc1nn2cc(CNC[C@@]3(O)CCCN(CC(C)(C)C)C3=O)nc2s1. The van der Waals surface area contributed by atoms with Gasteiger partial charge in [0.2, 0.25) is 4.96 Å². The molecule has 1 atom stereocenters. The number of aryl methyl sites for hydroxylation is 1. The van der Waals surface area contributed by atoms with Crippen LogP contribution in [0.25, 0.3) is 4.96 Å². The number of imidazole rings is 1. The molecule has 2 aromatic heterocycles. The standard InChI is InChI=1S/C17H27N5O2S/c1-12-20-22-9-13(19-15(22)25-12)8-18-10-17(24)6-5-7-21(14(17)23)11-16(2,3)4/h9,18,24H,5-8,10-11H2,1-4H3/t17-/m0/s1. The Morgan fingerprint density at radius 1 is 1.44 bits per heavy atom. The second-order valence-corrected chi connectivity index (χ2v) is 9.27. The van der Waals surface area contributed by atoms with Crippen LogP contribution in [0.5, 0.6) is 0 Å². The first-order valence-electron chi connectivity index (χ1n) is 8.70. The number of aromatic nitrogens is 3. The van der Waals surface area contributed by atoms with Gasteiger partial charge in [0.1, 0.15) is 5.01 Å². The highest BCUT2D eigenvalue weighted by atomic mass is 32.1. The molecule has 1 aliphatic heterocycles. The van der Waals surface area contributed by atoms with E-state index in [9.17, 15) is 9.90 Å². The van der Waals surface area contributed by atoms with Crippen LogP contribution in [0.2, 0.25) is 0 Å². The number of likely N-dealkylation sites (tertiary alicyclic amines) is 1. The molecule has 3 rings (SSSR count). The fourth-order valence-corrected chi connectivity index (χ4v) is 4.02.